The topological polar surface area (TPSA) is 32.6 Å². The third-order valence-corrected chi connectivity index (χ3v) is 3.09. The summed E-state index contributed by atoms with van der Waals surface area (Å²) in [6.45, 7) is 0. The highest BCUT2D eigenvalue weighted by Gasteiger charge is 1.95. The molecule has 0 spiro atoms. The first-order valence-corrected chi connectivity index (χ1v) is 6.48. The van der Waals surface area contributed by atoms with Crippen LogP contribution in [0.4, 0.5) is 5.69 Å². The van der Waals surface area contributed by atoms with E-state index in [2.05, 4.69) is 17.1 Å². The van der Waals surface area contributed by atoms with Crippen LogP contribution in [0, 0.1) is 0 Å². The van der Waals surface area contributed by atoms with Crippen LogP contribution in [0.1, 0.15) is 5.56 Å². The lowest BCUT2D eigenvalue weighted by Gasteiger charge is -1.98. The molecule has 1 N–H and O–H groups in total. The van der Waals surface area contributed by atoms with Crippen molar-refractivity contribution in [3.05, 3.63) is 54.1 Å². The number of hydrogen-bond donors (Lipinski definition) is 1. The van der Waals surface area contributed by atoms with Gasteiger partial charge in [-0.15, -0.1) is 11.8 Å². The Morgan fingerprint density at radius 2 is 1.76 bits per heavy atom. The Labute approximate surface area is 105 Å². The molecular weight excluding hydrogens is 230 g/mol. The molecule has 0 aromatic heterocycles. The Bertz CT molecular complexity index is 520. The minimum atomic E-state index is 0.199. The zero-order chi connectivity index (χ0) is 12.1. The van der Waals surface area contributed by atoms with Crippen LogP contribution in [-0.4, -0.2) is 17.6 Å². The summed E-state index contributed by atoms with van der Waals surface area (Å²) >= 11 is 1.71. The SMILES string of the molecule is CSc1ccc(/C=N/c2ccccc2O)cc1. The number of para-hydroxylation sites is 2. The van der Waals surface area contributed by atoms with E-state index in [1.165, 1.54) is 4.90 Å². The van der Waals surface area contributed by atoms with Crippen LogP contribution in [0.2, 0.25) is 0 Å². The van der Waals surface area contributed by atoms with Gasteiger partial charge in [-0.3, -0.25) is 4.99 Å². The van der Waals surface area contributed by atoms with E-state index in [-0.39, 0.29) is 5.75 Å². The van der Waals surface area contributed by atoms with E-state index >= 15 is 0 Å². The van der Waals surface area contributed by atoms with E-state index in [0.29, 0.717) is 5.69 Å². The Kier molecular flexibility index (Phi) is 3.83. The van der Waals surface area contributed by atoms with Crippen molar-refractivity contribution in [2.24, 2.45) is 4.99 Å². The first-order valence-electron chi connectivity index (χ1n) is 5.26. The van der Waals surface area contributed by atoms with E-state index in [1.54, 1.807) is 36.2 Å². The fourth-order valence-electron chi connectivity index (χ4n) is 1.41. The van der Waals surface area contributed by atoms with Crippen LogP contribution >= 0.6 is 11.8 Å². The molecule has 86 valence electrons. The first kappa shape index (κ1) is 11.7. The Morgan fingerprint density at radius 3 is 2.41 bits per heavy atom. The number of benzene rings is 2. The number of aliphatic imine (C=N–C) groups is 1. The molecule has 0 saturated heterocycles. The van der Waals surface area contributed by atoms with E-state index < -0.39 is 0 Å². The second-order valence-electron chi connectivity index (χ2n) is 3.52. The third-order valence-electron chi connectivity index (χ3n) is 2.35. The van der Waals surface area contributed by atoms with Gasteiger partial charge in [0.05, 0.1) is 0 Å². The highest BCUT2D eigenvalue weighted by Crippen LogP contribution is 2.24. The van der Waals surface area contributed by atoms with Gasteiger partial charge in [0.25, 0.3) is 0 Å². The molecule has 0 radical (unpaired) electrons. The summed E-state index contributed by atoms with van der Waals surface area (Å²) < 4.78 is 0. The number of rotatable bonds is 3. The van der Waals surface area contributed by atoms with Crippen molar-refractivity contribution in [3.63, 3.8) is 0 Å². The lowest BCUT2D eigenvalue weighted by Crippen LogP contribution is -1.80. The number of phenols is 1. The van der Waals surface area contributed by atoms with Gasteiger partial charge in [-0.1, -0.05) is 24.3 Å². The van der Waals surface area contributed by atoms with E-state index in [0.717, 1.165) is 5.56 Å². The maximum atomic E-state index is 9.55. The van der Waals surface area contributed by atoms with Gasteiger partial charge in [0.1, 0.15) is 11.4 Å². The van der Waals surface area contributed by atoms with Gasteiger partial charge < -0.3 is 5.11 Å². The van der Waals surface area contributed by atoms with Crippen molar-refractivity contribution >= 4 is 23.7 Å². The predicted octanol–water partition coefficient (Wildman–Crippen LogP) is 3.86. The number of aromatic hydroxyl groups is 1. The molecule has 0 atom stereocenters. The molecule has 0 aliphatic heterocycles. The Balaban J connectivity index is 2.17. The van der Waals surface area contributed by atoms with Crippen LogP contribution in [-0.2, 0) is 0 Å². The lowest BCUT2D eigenvalue weighted by molar-refractivity contribution is 0.477. The van der Waals surface area contributed by atoms with E-state index in [9.17, 15) is 5.11 Å². The van der Waals surface area contributed by atoms with Gasteiger partial charge in [-0.05, 0) is 36.1 Å². The van der Waals surface area contributed by atoms with Crippen molar-refractivity contribution in [2.75, 3.05) is 6.26 Å². The summed E-state index contributed by atoms with van der Waals surface area (Å²) in [7, 11) is 0. The summed E-state index contributed by atoms with van der Waals surface area (Å²) in [6.07, 6.45) is 3.80. The van der Waals surface area contributed by atoms with Crippen LogP contribution in [0.25, 0.3) is 0 Å². The molecule has 0 unspecified atom stereocenters. The molecule has 0 aliphatic rings. The molecule has 2 aromatic carbocycles. The number of nitrogens with zero attached hydrogens (tertiary/aromatic N) is 1. The second kappa shape index (κ2) is 5.55. The molecule has 2 nitrogen and oxygen atoms in total. The first-order chi connectivity index (χ1) is 8.29. The molecule has 2 rings (SSSR count). The maximum Gasteiger partial charge on any atom is 0.141 e. The minimum Gasteiger partial charge on any atom is -0.506 e. The second-order valence-corrected chi connectivity index (χ2v) is 4.40. The highest BCUT2D eigenvalue weighted by atomic mass is 32.2. The van der Waals surface area contributed by atoms with Crippen molar-refractivity contribution < 1.29 is 5.11 Å². The maximum absolute atomic E-state index is 9.55. The van der Waals surface area contributed by atoms with Crippen molar-refractivity contribution in [3.8, 4) is 5.75 Å². The fraction of sp³-hybridized carbons (Fsp3) is 0.0714. The van der Waals surface area contributed by atoms with Crippen molar-refractivity contribution in [1.82, 2.24) is 0 Å². The fourth-order valence-corrected chi connectivity index (χ4v) is 1.82. The molecule has 0 heterocycles. The lowest BCUT2D eigenvalue weighted by atomic mass is 10.2. The van der Waals surface area contributed by atoms with Crippen molar-refractivity contribution in [2.45, 2.75) is 4.90 Å². The molecule has 0 fully saturated rings. The standard InChI is InChI=1S/C14H13NOS/c1-17-12-8-6-11(7-9-12)10-15-13-4-2-3-5-14(13)16/h2-10,16H,1H3/b15-10+. The number of thioether (sulfide) groups is 1. The average molecular weight is 243 g/mol. The van der Waals surface area contributed by atoms with Crippen LogP contribution < -0.4 is 0 Å². The van der Waals surface area contributed by atoms with Crippen LogP contribution in [0.15, 0.2) is 58.4 Å². The third kappa shape index (κ3) is 3.11. The summed E-state index contributed by atoms with van der Waals surface area (Å²) in [4.78, 5) is 5.48. The van der Waals surface area contributed by atoms with Gasteiger partial charge in [0.15, 0.2) is 0 Å². The molecular formula is C14H13NOS. The van der Waals surface area contributed by atoms with Crippen molar-refractivity contribution in [1.29, 1.82) is 0 Å². The van der Waals surface area contributed by atoms with Gasteiger partial charge in [-0.2, -0.15) is 0 Å². The molecule has 0 bridgehead atoms. The number of hydrogen-bond acceptors (Lipinski definition) is 3. The number of phenolic OH excluding ortho intramolecular Hbond substituents is 1. The largest absolute Gasteiger partial charge is 0.506 e. The monoisotopic (exact) mass is 243 g/mol. The molecule has 0 saturated carbocycles. The highest BCUT2D eigenvalue weighted by molar-refractivity contribution is 7.98. The quantitative estimate of drug-likeness (QED) is 0.655. The molecule has 0 aliphatic carbocycles. The van der Waals surface area contributed by atoms with Gasteiger partial charge >= 0.3 is 0 Å². The van der Waals surface area contributed by atoms with Gasteiger partial charge in [0, 0.05) is 11.1 Å². The summed E-state index contributed by atoms with van der Waals surface area (Å²) in [5.41, 5.74) is 1.60. The molecule has 2 aromatic rings. The van der Waals surface area contributed by atoms with E-state index in [4.69, 9.17) is 0 Å². The summed E-state index contributed by atoms with van der Waals surface area (Å²) in [5.74, 6) is 0.199. The van der Waals surface area contributed by atoms with E-state index in [1.807, 2.05) is 24.5 Å². The normalized spacial score (nSPS) is 10.9. The smallest absolute Gasteiger partial charge is 0.141 e. The summed E-state index contributed by atoms with van der Waals surface area (Å²) in [6, 6.07) is 15.2. The van der Waals surface area contributed by atoms with Crippen LogP contribution in [0.3, 0.4) is 0 Å². The predicted molar refractivity (Wildman–Crippen MR) is 73.6 cm³/mol. The van der Waals surface area contributed by atoms with Crippen LogP contribution in [0.5, 0.6) is 5.75 Å². The minimum absolute atomic E-state index is 0.199. The average Bonchev–Trinajstić information content (AvgIpc) is 2.38. The Morgan fingerprint density at radius 1 is 1.06 bits per heavy atom. The molecule has 17 heavy (non-hydrogen) atoms. The Hall–Kier alpha value is -1.74. The zero-order valence-electron chi connectivity index (χ0n) is 9.50. The van der Waals surface area contributed by atoms with Gasteiger partial charge in [0.2, 0.25) is 0 Å². The zero-order valence-corrected chi connectivity index (χ0v) is 10.3. The molecule has 0 amide bonds. The molecule has 3 heteroatoms. The summed E-state index contributed by atoms with van der Waals surface area (Å²) in [5, 5.41) is 9.55. The van der Waals surface area contributed by atoms with Gasteiger partial charge in [-0.25, -0.2) is 0 Å².